The van der Waals surface area contributed by atoms with Gasteiger partial charge in [-0.15, -0.1) is 0 Å². The number of nitrogens with zero attached hydrogens (tertiary/aromatic N) is 1. The van der Waals surface area contributed by atoms with Crippen molar-refractivity contribution in [1.29, 1.82) is 0 Å². The molecule has 1 aliphatic heterocycles. The van der Waals surface area contributed by atoms with E-state index in [-0.39, 0.29) is 12.0 Å². The van der Waals surface area contributed by atoms with Crippen molar-refractivity contribution in [2.24, 2.45) is 0 Å². The summed E-state index contributed by atoms with van der Waals surface area (Å²) >= 11 is 0. The van der Waals surface area contributed by atoms with Crippen LogP contribution in [-0.2, 0) is 9.53 Å². The number of methoxy groups -OCH3 is 1. The molecule has 0 aromatic heterocycles. The fourth-order valence-corrected chi connectivity index (χ4v) is 3.05. The summed E-state index contributed by atoms with van der Waals surface area (Å²) in [4.78, 5) is 13.9. The Kier molecular flexibility index (Phi) is 4.80. The van der Waals surface area contributed by atoms with Crippen LogP contribution < -0.4 is 5.32 Å². The minimum Gasteiger partial charge on any atom is -0.469 e. The van der Waals surface area contributed by atoms with E-state index < -0.39 is 0 Å². The zero-order chi connectivity index (χ0) is 12.1. The second-order valence-corrected chi connectivity index (χ2v) is 5.22. The molecule has 1 atom stereocenters. The molecule has 98 valence electrons. The predicted molar refractivity (Wildman–Crippen MR) is 66.9 cm³/mol. The first-order chi connectivity index (χ1) is 8.29. The van der Waals surface area contributed by atoms with Gasteiger partial charge in [-0.25, -0.2) is 0 Å². The van der Waals surface area contributed by atoms with Crippen LogP contribution in [0.4, 0.5) is 0 Å². The van der Waals surface area contributed by atoms with Gasteiger partial charge in [0.2, 0.25) is 0 Å². The molecule has 4 nitrogen and oxygen atoms in total. The Morgan fingerprint density at radius 2 is 2.12 bits per heavy atom. The maximum absolute atomic E-state index is 11.3. The third-order valence-electron chi connectivity index (χ3n) is 4.02. The van der Waals surface area contributed by atoms with Gasteiger partial charge in [-0.2, -0.15) is 0 Å². The average Bonchev–Trinajstić information content (AvgIpc) is 2.40. The van der Waals surface area contributed by atoms with Crippen molar-refractivity contribution in [2.75, 3.05) is 26.7 Å². The summed E-state index contributed by atoms with van der Waals surface area (Å²) in [5, 5.41) is 3.41. The number of esters is 1. The molecule has 1 saturated heterocycles. The highest BCUT2D eigenvalue weighted by Crippen LogP contribution is 2.23. The number of hydrogen-bond acceptors (Lipinski definition) is 4. The molecule has 1 unspecified atom stereocenters. The molecule has 1 saturated carbocycles. The van der Waals surface area contributed by atoms with Gasteiger partial charge in [0.05, 0.1) is 13.5 Å². The lowest BCUT2D eigenvalue weighted by molar-refractivity contribution is -0.141. The van der Waals surface area contributed by atoms with Gasteiger partial charge in [0, 0.05) is 31.7 Å². The molecule has 2 fully saturated rings. The van der Waals surface area contributed by atoms with E-state index in [0.29, 0.717) is 6.42 Å². The fourth-order valence-electron chi connectivity index (χ4n) is 3.05. The molecule has 0 bridgehead atoms. The van der Waals surface area contributed by atoms with E-state index in [2.05, 4.69) is 10.2 Å². The summed E-state index contributed by atoms with van der Waals surface area (Å²) in [5.74, 6) is -0.104. The van der Waals surface area contributed by atoms with Crippen molar-refractivity contribution in [1.82, 2.24) is 10.2 Å². The molecule has 1 N–H and O–H groups in total. The van der Waals surface area contributed by atoms with Crippen LogP contribution in [0.5, 0.6) is 0 Å². The van der Waals surface area contributed by atoms with Crippen LogP contribution >= 0.6 is 0 Å². The first-order valence-electron chi connectivity index (χ1n) is 6.84. The lowest BCUT2D eigenvalue weighted by Crippen LogP contribution is -2.54. The summed E-state index contributed by atoms with van der Waals surface area (Å²) in [5.41, 5.74) is 0. The van der Waals surface area contributed by atoms with Gasteiger partial charge in [-0.3, -0.25) is 9.69 Å². The first kappa shape index (κ1) is 12.8. The van der Waals surface area contributed by atoms with Crippen molar-refractivity contribution in [3.63, 3.8) is 0 Å². The highest BCUT2D eigenvalue weighted by atomic mass is 16.5. The second-order valence-electron chi connectivity index (χ2n) is 5.22. The molecule has 1 aliphatic carbocycles. The summed E-state index contributed by atoms with van der Waals surface area (Å²) in [7, 11) is 1.46. The van der Waals surface area contributed by atoms with Gasteiger partial charge < -0.3 is 10.1 Å². The van der Waals surface area contributed by atoms with E-state index in [0.717, 1.165) is 25.7 Å². The van der Waals surface area contributed by atoms with Crippen molar-refractivity contribution in [2.45, 2.75) is 50.6 Å². The number of ether oxygens (including phenoxy) is 1. The van der Waals surface area contributed by atoms with Crippen LogP contribution in [0.15, 0.2) is 0 Å². The predicted octanol–water partition coefficient (Wildman–Crippen LogP) is 1.16. The zero-order valence-corrected chi connectivity index (χ0v) is 10.8. The third kappa shape index (κ3) is 3.68. The molecular weight excluding hydrogens is 216 g/mol. The normalized spacial score (nSPS) is 27.9. The molecule has 0 radical (unpaired) electrons. The molecule has 2 aliphatic rings. The molecule has 0 amide bonds. The average molecular weight is 240 g/mol. The van der Waals surface area contributed by atoms with Crippen LogP contribution in [0.1, 0.15) is 38.5 Å². The Morgan fingerprint density at radius 3 is 2.82 bits per heavy atom. The number of rotatable bonds is 3. The molecule has 2 rings (SSSR count). The van der Waals surface area contributed by atoms with Crippen LogP contribution in [-0.4, -0.2) is 49.7 Å². The largest absolute Gasteiger partial charge is 0.469 e. The van der Waals surface area contributed by atoms with E-state index >= 15 is 0 Å². The van der Waals surface area contributed by atoms with Crippen LogP contribution in [0.3, 0.4) is 0 Å². The second kappa shape index (κ2) is 6.36. The summed E-state index contributed by atoms with van der Waals surface area (Å²) < 4.78 is 4.74. The summed E-state index contributed by atoms with van der Waals surface area (Å²) in [6.45, 7) is 3.13. The molecule has 17 heavy (non-hydrogen) atoms. The van der Waals surface area contributed by atoms with Crippen LogP contribution in [0, 0.1) is 0 Å². The first-order valence-corrected chi connectivity index (χ1v) is 6.84. The molecule has 1 heterocycles. The van der Waals surface area contributed by atoms with Crippen molar-refractivity contribution in [3.05, 3.63) is 0 Å². The lowest BCUT2D eigenvalue weighted by atomic mass is 9.93. The van der Waals surface area contributed by atoms with Gasteiger partial charge in [0.15, 0.2) is 0 Å². The maximum Gasteiger partial charge on any atom is 0.307 e. The van der Waals surface area contributed by atoms with Gasteiger partial charge in [0.1, 0.15) is 0 Å². The quantitative estimate of drug-likeness (QED) is 0.752. The Morgan fingerprint density at radius 1 is 1.35 bits per heavy atom. The standard InChI is InChI=1S/C13H24N2O2/c1-17-13(16)9-11-10-15(8-7-14-11)12-5-3-2-4-6-12/h11-12,14H,2-10H2,1H3. The smallest absolute Gasteiger partial charge is 0.307 e. The van der Waals surface area contributed by atoms with E-state index in [1.165, 1.54) is 39.2 Å². The zero-order valence-electron chi connectivity index (χ0n) is 10.8. The number of piperazine rings is 1. The van der Waals surface area contributed by atoms with Gasteiger partial charge in [-0.1, -0.05) is 19.3 Å². The highest BCUT2D eigenvalue weighted by molar-refractivity contribution is 5.69. The third-order valence-corrected chi connectivity index (χ3v) is 4.02. The van der Waals surface area contributed by atoms with Crippen LogP contribution in [0.2, 0.25) is 0 Å². The molecule has 0 spiro atoms. The van der Waals surface area contributed by atoms with Gasteiger partial charge >= 0.3 is 5.97 Å². The molecule has 0 aromatic rings. The number of hydrogen-bond donors (Lipinski definition) is 1. The SMILES string of the molecule is COC(=O)CC1CN(C2CCCCC2)CCN1. The monoisotopic (exact) mass is 240 g/mol. The van der Waals surface area contributed by atoms with Crippen molar-refractivity contribution in [3.8, 4) is 0 Å². The van der Waals surface area contributed by atoms with Gasteiger partial charge in [-0.05, 0) is 12.8 Å². The van der Waals surface area contributed by atoms with E-state index in [9.17, 15) is 4.79 Å². The summed E-state index contributed by atoms with van der Waals surface area (Å²) in [6, 6.07) is 1.03. The lowest BCUT2D eigenvalue weighted by Gasteiger charge is -2.40. The summed E-state index contributed by atoms with van der Waals surface area (Å²) in [6.07, 6.45) is 7.32. The minimum atomic E-state index is -0.104. The Bertz CT molecular complexity index is 252. The Labute approximate surface area is 104 Å². The van der Waals surface area contributed by atoms with Gasteiger partial charge in [0.25, 0.3) is 0 Å². The number of nitrogens with one attached hydrogen (secondary N) is 1. The van der Waals surface area contributed by atoms with E-state index in [1.54, 1.807) is 0 Å². The topological polar surface area (TPSA) is 41.6 Å². The Hall–Kier alpha value is -0.610. The molecule has 0 aromatic carbocycles. The fraction of sp³-hybridized carbons (Fsp3) is 0.923. The number of carbonyl (C=O) groups excluding carboxylic acids is 1. The van der Waals surface area contributed by atoms with E-state index in [1.807, 2.05) is 0 Å². The van der Waals surface area contributed by atoms with Crippen LogP contribution in [0.25, 0.3) is 0 Å². The van der Waals surface area contributed by atoms with Crippen molar-refractivity contribution < 1.29 is 9.53 Å². The number of carbonyl (C=O) groups is 1. The minimum absolute atomic E-state index is 0.104. The maximum atomic E-state index is 11.3. The van der Waals surface area contributed by atoms with E-state index in [4.69, 9.17) is 4.74 Å². The molecule has 4 heteroatoms. The Balaban J connectivity index is 1.81. The highest BCUT2D eigenvalue weighted by Gasteiger charge is 2.27. The van der Waals surface area contributed by atoms with Crippen molar-refractivity contribution >= 4 is 5.97 Å². The molecular formula is C13H24N2O2.